The van der Waals surface area contributed by atoms with Crippen LogP contribution in [0.2, 0.25) is 0 Å². The molecule has 1 fully saturated rings. The zero-order valence-corrected chi connectivity index (χ0v) is 11.0. The highest BCUT2D eigenvalue weighted by molar-refractivity contribution is 5.80. The van der Waals surface area contributed by atoms with Crippen LogP contribution >= 0.6 is 0 Å². The summed E-state index contributed by atoms with van der Waals surface area (Å²) in [6.45, 7) is 1.69. The number of nitro benzene ring substituents is 1. The summed E-state index contributed by atoms with van der Waals surface area (Å²) in [5.41, 5.74) is 0.837. The van der Waals surface area contributed by atoms with Crippen LogP contribution < -0.4 is 10.6 Å². The van der Waals surface area contributed by atoms with Gasteiger partial charge in [0, 0.05) is 37.5 Å². The Balaban J connectivity index is 1.67. The molecular weight excluding hydrogens is 262 g/mol. The Bertz CT molecular complexity index is 469. The van der Waals surface area contributed by atoms with E-state index in [2.05, 4.69) is 10.6 Å². The maximum atomic E-state index is 11.6. The van der Waals surface area contributed by atoms with E-state index in [9.17, 15) is 14.9 Å². The number of benzene rings is 1. The first-order chi connectivity index (χ1) is 9.66. The zero-order valence-electron chi connectivity index (χ0n) is 11.0. The molecule has 0 aromatic heterocycles. The van der Waals surface area contributed by atoms with Crippen molar-refractivity contribution < 1.29 is 14.5 Å². The molecule has 108 valence electrons. The second kappa shape index (κ2) is 6.85. The van der Waals surface area contributed by atoms with Crippen LogP contribution in [0.3, 0.4) is 0 Å². The van der Waals surface area contributed by atoms with E-state index < -0.39 is 4.92 Å². The standard InChI is InChI=1S/C13H17N3O4/c17-13(12-2-1-9-20-12)15-8-7-14-10-3-5-11(6-4-10)16(18)19/h3-6,12,14H,1-2,7-9H2,(H,15,17)/t12-/m0/s1. The van der Waals surface area contributed by atoms with Crippen molar-refractivity contribution in [1.29, 1.82) is 0 Å². The van der Waals surface area contributed by atoms with Crippen LogP contribution in [0.15, 0.2) is 24.3 Å². The third-order valence-electron chi connectivity index (χ3n) is 3.05. The van der Waals surface area contributed by atoms with E-state index in [0.29, 0.717) is 19.7 Å². The molecule has 2 N–H and O–H groups in total. The van der Waals surface area contributed by atoms with Crippen LogP contribution in [0.25, 0.3) is 0 Å². The number of carbonyl (C=O) groups is 1. The van der Waals surface area contributed by atoms with Crippen molar-refractivity contribution in [2.45, 2.75) is 18.9 Å². The Morgan fingerprint density at radius 3 is 2.70 bits per heavy atom. The maximum absolute atomic E-state index is 11.6. The lowest BCUT2D eigenvalue weighted by Crippen LogP contribution is -2.36. The van der Waals surface area contributed by atoms with Crippen molar-refractivity contribution in [2.24, 2.45) is 0 Å². The first-order valence-electron chi connectivity index (χ1n) is 6.54. The van der Waals surface area contributed by atoms with E-state index in [1.165, 1.54) is 12.1 Å². The summed E-state index contributed by atoms with van der Waals surface area (Å²) in [6, 6.07) is 6.15. The Morgan fingerprint density at radius 1 is 1.35 bits per heavy atom. The van der Waals surface area contributed by atoms with Gasteiger partial charge in [-0.3, -0.25) is 14.9 Å². The number of hydrogen-bond donors (Lipinski definition) is 2. The molecule has 7 heteroatoms. The van der Waals surface area contributed by atoms with Gasteiger partial charge in [-0.2, -0.15) is 0 Å². The molecule has 1 amide bonds. The van der Waals surface area contributed by atoms with Crippen molar-refractivity contribution in [3.63, 3.8) is 0 Å². The number of hydrogen-bond acceptors (Lipinski definition) is 5. The van der Waals surface area contributed by atoms with Gasteiger partial charge in [-0.1, -0.05) is 0 Å². The van der Waals surface area contributed by atoms with E-state index in [0.717, 1.165) is 18.5 Å². The Labute approximate surface area is 116 Å². The van der Waals surface area contributed by atoms with Gasteiger partial charge in [0.1, 0.15) is 6.10 Å². The number of nitrogens with one attached hydrogen (secondary N) is 2. The topological polar surface area (TPSA) is 93.5 Å². The van der Waals surface area contributed by atoms with Crippen molar-refractivity contribution in [3.8, 4) is 0 Å². The molecule has 1 aromatic rings. The molecule has 2 rings (SSSR count). The SMILES string of the molecule is O=C(NCCNc1ccc([N+](=O)[O-])cc1)[C@@H]1CCCO1. The molecular formula is C13H17N3O4. The van der Waals surface area contributed by atoms with Crippen LogP contribution in [-0.4, -0.2) is 36.6 Å². The number of carbonyl (C=O) groups excluding carboxylic acids is 1. The van der Waals surface area contributed by atoms with Crippen LogP contribution in [0.1, 0.15) is 12.8 Å². The second-order valence-electron chi connectivity index (χ2n) is 4.52. The van der Waals surface area contributed by atoms with Crippen LogP contribution in [0.4, 0.5) is 11.4 Å². The fraction of sp³-hybridized carbons (Fsp3) is 0.462. The van der Waals surface area contributed by atoms with Gasteiger partial charge in [0.2, 0.25) is 5.91 Å². The average molecular weight is 279 g/mol. The molecule has 1 aliphatic rings. The third-order valence-corrected chi connectivity index (χ3v) is 3.05. The maximum Gasteiger partial charge on any atom is 0.269 e. The van der Waals surface area contributed by atoms with E-state index >= 15 is 0 Å². The Morgan fingerprint density at radius 2 is 2.10 bits per heavy atom. The average Bonchev–Trinajstić information content (AvgIpc) is 2.98. The Kier molecular flexibility index (Phi) is 4.89. The first kappa shape index (κ1) is 14.3. The van der Waals surface area contributed by atoms with Crippen molar-refractivity contribution in [1.82, 2.24) is 5.32 Å². The van der Waals surface area contributed by atoms with Crippen molar-refractivity contribution in [2.75, 3.05) is 25.0 Å². The summed E-state index contributed by atoms with van der Waals surface area (Å²) in [6.07, 6.45) is 1.40. The molecule has 0 unspecified atom stereocenters. The van der Waals surface area contributed by atoms with Crippen LogP contribution in [0.5, 0.6) is 0 Å². The highest BCUT2D eigenvalue weighted by Crippen LogP contribution is 2.15. The minimum atomic E-state index is -0.439. The monoisotopic (exact) mass is 279 g/mol. The Hall–Kier alpha value is -2.15. The molecule has 7 nitrogen and oxygen atoms in total. The van der Waals surface area contributed by atoms with Gasteiger partial charge in [0.25, 0.3) is 5.69 Å². The lowest BCUT2D eigenvalue weighted by atomic mass is 10.2. The van der Waals surface area contributed by atoms with Gasteiger partial charge in [0.05, 0.1) is 4.92 Å². The smallest absolute Gasteiger partial charge is 0.269 e. The minimum Gasteiger partial charge on any atom is -0.383 e. The number of non-ortho nitro benzene ring substituents is 1. The van der Waals surface area contributed by atoms with E-state index in [-0.39, 0.29) is 17.7 Å². The summed E-state index contributed by atoms with van der Waals surface area (Å²) in [5.74, 6) is -0.0759. The van der Waals surface area contributed by atoms with Gasteiger partial charge >= 0.3 is 0 Å². The normalized spacial score (nSPS) is 17.7. The third kappa shape index (κ3) is 3.92. The minimum absolute atomic E-state index is 0.0576. The van der Waals surface area contributed by atoms with Gasteiger partial charge in [-0.05, 0) is 25.0 Å². The summed E-state index contributed by atoms with van der Waals surface area (Å²) in [4.78, 5) is 21.7. The molecule has 0 aliphatic carbocycles. The molecule has 0 spiro atoms. The van der Waals surface area contributed by atoms with Gasteiger partial charge < -0.3 is 15.4 Å². The summed E-state index contributed by atoms with van der Waals surface area (Å²) in [5, 5.41) is 16.4. The van der Waals surface area contributed by atoms with E-state index in [1.54, 1.807) is 12.1 Å². The van der Waals surface area contributed by atoms with Crippen molar-refractivity contribution in [3.05, 3.63) is 34.4 Å². The number of anilines is 1. The highest BCUT2D eigenvalue weighted by Gasteiger charge is 2.22. The quantitative estimate of drug-likeness (QED) is 0.465. The number of nitro groups is 1. The lowest BCUT2D eigenvalue weighted by molar-refractivity contribution is -0.384. The van der Waals surface area contributed by atoms with Crippen LogP contribution in [-0.2, 0) is 9.53 Å². The van der Waals surface area contributed by atoms with Gasteiger partial charge in [0.15, 0.2) is 0 Å². The van der Waals surface area contributed by atoms with Gasteiger partial charge in [-0.15, -0.1) is 0 Å². The number of amides is 1. The van der Waals surface area contributed by atoms with Crippen molar-refractivity contribution >= 4 is 17.3 Å². The number of ether oxygens (including phenoxy) is 1. The van der Waals surface area contributed by atoms with E-state index in [1.807, 2.05) is 0 Å². The fourth-order valence-corrected chi connectivity index (χ4v) is 1.99. The second-order valence-corrected chi connectivity index (χ2v) is 4.52. The number of rotatable bonds is 6. The first-order valence-corrected chi connectivity index (χ1v) is 6.54. The number of nitrogens with zero attached hydrogens (tertiary/aromatic N) is 1. The van der Waals surface area contributed by atoms with Crippen LogP contribution in [0, 0.1) is 10.1 Å². The summed E-state index contributed by atoms with van der Waals surface area (Å²) >= 11 is 0. The molecule has 0 saturated carbocycles. The molecule has 0 bridgehead atoms. The molecule has 1 heterocycles. The van der Waals surface area contributed by atoms with Gasteiger partial charge in [-0.25, -0.2) is 0 Å². The fourth-order valence-electron chi connectivity index (χ4n) is 1.99. The largest absolute Gasteiger partial charge is 0.383 e. The van der Waals surface area contributed by atoms with E-state index in [4.69, 9.17) is 4.74 Å². The molecule has 0 radical (unpaired) electrons. The summed E-state index contributed by atoms with van der Waals surface area (Å²) < 4.78 is 5.27. The molecule has 1 aliphatic heterocycles. The predicted molar refractivity (Wildman–Crippen MR) is 73.6 cm³/mol. The summed E-state index contributed by atoms with van der Waals surface area (Å²) in [7, 11) is 0. The molecule has 1 atom stereocenters. The zero-order chi connectivity index (χ0) is 14.4. The molecule has 1 saturated heterocycles. The lowest BCUT2D eigenvalue weighted by Gasteiger charge is -2.11. The predicted octanol–water partition coefficient (Wildman–Crippen LogP) is 1.30. The highest BCUT2D eigenvalue weighted by atomic mass is 16.6. The molecule has 20 heavy (non-hydrogen) atoms. The molecule has 1 aromatic carbocycles.